The molecule has 2 aromatic rings. The average molecular weight is 285 g/mol. The van der Waals surface area contributed by atoms with E-state index in [-0.39, 0.29) is 0 Å². The summed E-state index contributed by atoms with van der Waals surface area (Å²) < 4.78 is 2.24. The molecule has 0 aliphatic carbocycles. The Balaban J connectivity index is 1.97. The van der Waals surface area contributed by atoms with Crippen LogP contribution in [0.3, 0.4) is 0 Å². The number of benzene rings is 1. The molecule has 0 atom stereocenters. The van der Waals surface area contributed by atoms with E-state index in [0.717, 1.165) is 30.7 Å². The first kappa shape index (κ1) is 15.3. The fraction of sp³-hybridized carbons (Fsp3) is 0.412. The number of hydrogen-bond donors (Lipinski definition) is 0. The zero-order valence-electron chi connectivity index (χ0n) is 13.0. The predicted octanol–water partition coefficient (Wildman–Crippen LogP) is 4.09. The van der Waals surface area contributed by atoms with Gasteiger partial charge in [0.2, 0.25) is 0 Å². The van der Waals surface area contributed by atoms with Gasteiger partial charge in [0, 0.05) is 12.8 Å². The topological polar surface area (TPSA) is 39.4 Å². The summed E-state index contributed by atoms with van der Waals surface area (Å²) in [4.78, 5) is 9.52. The number of imidazole rings is 1. The fourth-order valence-electron chi connectivity index (χ4n) is 2.25. The number of para-hydroxylation sites is 2. The summed E-state index contributed by atoms with van der Waals surface area (Å²) >= 11 is 0. The minimum absolute atomic E-state index is 0.623. The first-order chi connectivity index (χ1) is 10.2. The highest BCUT2D eigenvalue weighted by Crippen LogP contribution is 2.16. The highest BCUT2D eigenvalue weighted by atomic mass is 16.6. The van der Waals surface area contributed by atoms with Crippen molar-refractivity contribution in [3.8, 4) is 0 Å². The van der Waals surface area contributed by atoms with Gasteiger partial charge in [0.1, 0.15) is 12.4 Å². The number of rotatable bonds is 7. The maximum Gasteiger partial charge on any atom is 0.114 e. The van der Waals surface area contributed by atoms with Crippen LogP contribution in [-0.2, 0) is 11.4 Å². The standard InChI is InChI=1S/C17H23N3O/c1-4-21-18-12-7-8-14(2)11-13-20-15(3)19-16-9-5-6-10-17(16)20/h5-6,9-12H,4,7-8,13H2,1-3H3/b14-11+,18-12?. The number of aromatic nitrogens is 2. The smallest absolute Gasteiger partial charge is 0.114 e. The van der Waals surface area contributed by atoms with Crippen LogP contribution >= 0.6 is 0 Å². The van der Waals surface area contributed by atoms with E-state index in [9.17, 15) is 0 Å². The molecular formula is C17H23N3O. The lowest BCUT2D eigenvalue weighted by Crippen LogP contribution is -1.98. The Kier molecular flexibility index (Phi) is 5.55. The van der Waals surface area contributed by atoms with Gasteiger partial charge in [-0.05, 0) is 45.7 Å². The molecule has 2 rings (SSSR count). The van der Waals surface area contributed by atoms with E-state index >= 15 is 0 Å². The molecule has 1 heterocycles. The Morgan fingerprint density at radius 2 is 2.19 bits per heavy atom. The number of aryl methyl sites for hydroxylation is 1. The molecule has 21 heavy (non-hydrogen) atoms. The number of nitrogens with zero attached hydrogens (tertiary/aromatic N) is 3. The van der Waals surface area contributed by atoms with Crippen molar-refractivity contribution in [1.29, 1.82) is 0 Å². The minimum atomic E-state index is 0.623. The maximum atomic E-state index is 4.94. The highest BCUT2D eigenvalue weighted by molar-refractivity contribution is 5.75. The fourth-order valence-corrected chi connectivity index (χ4v) is 2.25. The summed E-state index contributed by atoms with van der Waals surface area (Å²) in [6, 6.07) is 8.26. The normalized spacial score (nSPS) is 12.4. The summed E-state index contributed by atoms with van der Waals surface area (Å²) in [5, 5.41) is 3.86. The van der Waals surface area contributed by atoms with Crippen LogP contribution in [0.4, 0.5) is 0 Å². The molecule has 0 saturated carbocycles. The van der Waals surface area contributed by atoms with E-state index in [1.807, 2.05) is 19.2 Å². The summed E-state index contributed by atoms with van der Waals surface area (Å²) in [5.41, 5.74) is 3.61. The SMILES string of the molecule is CCON=CCC/C(C)=C/Cn1c(C)nc2ccccc21. The van der Waals surface area contributed by atoms with Crippen LogP contribution in [-0.4, -0.2) is 22.4 Å². The maximum absolute atomic E-state index is 4.94. The molecule has 0 N–H and O–H groups in total. The van der Waals surface area contributed by atoms with Crippen molar-refractivity contribution in [3.05, 3.63) is 41.7 Å². The van der Waals surface area contributed by atoms with Gasteiger partial charge in [-0.15, -0.1) is 0 Å². The van der Waals surface area contributed by atoms with Crippen molar-refractivity contribution in [2.24, 2.45) is 5.16 Å². The molecule has 1 aromatic heterocycles. The molecule has 0 aliphatic rings. The third-order valence-electron chi connectivity index (χ3n) is 3.41. The number of fused-ring (bicyclic) bond motifs is 1. The molecular weight excluding hydrogens is 262 g/mol. The molecule has 0 aliphatic heterocycles. The molecule has 4 nitrogen and oxygen atoms in total. The van der Waals surface area contributed by atoms with E-state index in [0.29, 0.717) is 6.61 Å². The quantitative estimate of drug-likeness (QED) is 0.436. The third-order valence-corrected chi connectivity index (χ3v) is 3.41. The van der Waals surface area contributed by atoms with Gasteiger partial charge >= 0.3 is 0 Å². The predicted molar refractivity (Wildman–Crippen MR) is 87.6 cm³/mol. The Labute approximate surface area is 126 Å². The molecule has 0 amide bonds. The Morgan fingerprint density at radius 3 is 3.00 bits per heavy atom. The Hall–Kier alpha value is -2.10. The molecule has 112 valence electrons. The van der Waals surface area contributed by atoms with Crippen LogP contribution < -0.4 is 0 Å². The molecule has 4 heteroatoms. The lowest BCUT2D eigenvalue weighted by atomic mass is 10.1. The molecule has 0 spiro atoms. The van der Waals surface area contributed by atoms with Crippen LogP contribution in [0.1, 0.15) is 32.5 Å². The first-order valence-corrected chi connectivity index (χ1v) is 7.43. The third kappa shape index (κ3) is 4.18. The number of hydrogen-bond acceptors (Lipinski definition) is 3. The van der Waals surface area contributed by atoms with Gasteiger partial charge in [0.05, 0.1) is 11.0 Å². The second-order valence-corrected chi connectivity index (χ2v) is 5.05. The van der Waals surface area contributed by atoms with Crippen molar-refractivity contribution < 1.29 is 4.84 Å². The van der Waals surface area contributed by atoms with Crippen LogP contribution in [0.25, 0.3) is 11.0 Å². The van der Waals surface area contributed by atoms with Crippen LogP contribution in [0.2, 0.25) is 0 Å². The monoisotopic (exact) mass is 285 g/mol. The summed E-state index contributed by atoms with van der Waals surface area (Å²) in [7, 11) is 0. The van der Waals surface area contributed by atoms with E-state index in [1.165, 1.54) is 11.1 Å². The molecule has 0 bridgehead atoms. The number of allylic oxidation sites excluding steroid dienone is 2. The van der Waals surface area contributed by atoms with Gasteiger partial charge in [0.15, 0.2) is 0 Å². The minimum Gasteiger partial charge on any atom is -0.396 e. The van der Waals surface area contributed by atoms with Gasteiger partial charge < -0.3 is 9.40 Å². The molecule has 0 fully saturated rings. The van der Waals surface area contributed by atoms with Gasteiger partial charge in [-0.3, -0.25) is 0 Å². The van der Waals surface area contributed by atoms with Gasteiger partial charge in [-0.1, -0.05) is 28.9 Å². The molecule has 0 unspecified atom stereocenters. The van der Waals surface area contributed by atoms with Crippen molar-refractivity contribution in [2.75, 3.05) is 6.61 Å². The second kappa shape index (κ2) is 7.62. The van der Waals surface area contributed by atoms with E-state index < -0.39 is 0 Å². The molecule has 0 radical (unpaired) electrons. The molecule has 1 aromatic carbocycles. The van der Waals surface area contributed by atoms with Gasteiger partial charge in [-0.2, -0.15) is 0 Å². The summed E-state index contributed by atoms with van der Waals surface area (Å²) in [6.07, 6.45) is 6.00. The first-order valence-electron chi connectivity index (χ1n) is 7.43. The van der Waals surface area contributed by atoms with Crippen molar-refractivity contribution >= 4 is 17.2 Å². The highest BCUT2D eigenvalue weighted by Gasteiger charge is 2.04. The van der Waals surface area contributed by atoms with Crippen LogP contribution in [0.15, 0.2) is 41.1 Å². The van der Waals surface area contributed by atoms with Gasteiger partial charge in [-0.25, -0.2) is 4.98 Å². The average Bonchev–Trinajstić information content (AvgIpc) is 2.80. The lowest BCUT2D eigenvalue weighted by Gasteiger charge is -2.04. The van der Waals surface area contributed by atoms with Crippen molar-refractivity contribution in [1.82, 2.24) is 9.55 Å². The lowest BCUT2D eigenvalue weighted by molar-refractivity contribution is 0.160. The zero-order valence-corrected chi connectivity index (χ0v) is 13.0. The van der Waals surface area contributed by atoms with Crippen molar-refractivity contribution in [2.45, 2.75) is 40.2 Å². The van der Waals surface area contributed by atoms with Crippen molar-refractivity contribution in [3.63, 3.8) is 0 Å². The second-order valence-electron chi connectivity index (χ2n) is 5.05. The Morgan fingerprint density at radius 1 is 1.38 bits per heavy atom. The largest absolute Gasteiger partial charge is 0.396 e. The van der Waals surface area contributed by atoms with E-state index in [2.05, 4.69) is 52.8 Å². The Bertz CT molecular complexity index is 641. The zero-order chi connectivity index (χ0) is 15.1. The van der Waals surface area contributed by atoms with Crippen LogP contribution in [0.5, 0.6) is 0 Å². The van der Waals surface area contributed by atoms with E-state index in [4.69, 9.17) is 4.84 Å². The van der Waals surface area contributed by atoms with Crippen LogP contribution in [0, 0.1) is 6.92 Å². The summed E-state index contributed by atoms with van der Waals surface area (Å²) in [5.74, 6) is 1.05. The number of oxime groups is 1. The van der Waals surface area contributed by atoms with Gasteiger partial charge in [0.25, 0.3) is 0 Å². The summed E-state index contributed by atoms with van der Waals surface area (Å²) in [6.45, 7) is 7.63. The molecule has 0 saturated heterocycles. The van der Waals surface area contributed by atoms with E-state index in [1.54, 1.807) is 0 Å².